The summed E-state index contributed by atoms with van der Waals surface area (Å²) >= 11 is 0. The molecule has 1 amide bonds. The quantitative estimate of drug-likeness (QED) is 0.853. The van der Waals surface area contributed by atoms with E-state index in [0.29, 0.717) is 5.92 Å². The van der Waals surface area contributed by atoms with Gasteiger partial charge in [-0.2, -0.15) is 0 Å². The van der Waals surface area contributed by atoms with E-state index in [9.17, 15) is 4.79 Å². The van der Waals surface area contributed by atoms with Gasteiger partial charge in [0.15, 0.2) is 0 Å². The number of nitrogens with zero attached hydrogens (tertiary/aromatic N) is 2. The van der Waals surface area contributed by atoms with E-state index in [-0.39, 0.29) is 24.4 Å². The number of nitrogens with two attached hydrogens (primary N) is 1. The first-order chi connectivity index (χ1) is 10.7. The molecule has 2 saturated carbocycles. The number of piperazine rings is 1. The van der Waals surface area contributed by atoms with Gasteiger partial charge in [-0.05, 0) is 25.2 Å². The predicted octanol–water partition coefficient (Wildman–Crippen LogP) is 2.79. The summed E-state index contributed by atoms with van der Waals surface area (Å²) in [6.07, 6.45) is 12.9. The van der Waals surface area contributed by atoms with Crippen LogP contribution in [-0.4, -0.2) is 54.0 Å². The fourth-order valence-electron chi connectivity index (χ4n) is 4.69. The van der Waals surface area contributed by atoms with E-state index in [2.05, 4.69) is 4.90 Å². The second kappa shape index (κ2) is 9.24. The third-order valence-electron chi connectivity index (χ3n) is 6.10. The molecule has 0 radical (unpaired) electrons. The van der Waals surface area contributed by atoms with Gasteiger partial charge in [-0.25, -0.2) is 0 Å². The highest BCUT2D eigenvalue weighted by Gasteiger charge is 2.30. The van der Waals surface area contributed by atoms with E-state index in [0.717, 1.165) is 38.6 Å². The molecule has 0 bridgehead atoms. The molecule has 4 nitrogen and oxygen atoms in total. The molecule has 0 aromatic carbocycles. The van der Waals surface area contributed by atoms with Crippen molar-refractivity contribution in [3.05, 3.63) is 0 Å². The van der Waals surface area contributed by atoms with Crippen LogP contribution >= 0.6 is 12.4 Å². The average Bonchev–Trinajstić information content (AvgIpc) is 3.10. The number of carbonyl (C=O) groups excluding carboxylic acids is 1. The fraction of sp³-hybridized carbons (Fsp3) is 0.944. The maximum Gasteiger partial charge on any atom is 0.239 e. The Morgan fingerprint density at radius 3 is 2.09 bits per heavy atom. The van der Waals surface area contributed by atoms with E-state index in [1.807, 2.05) is 4.90 Å². The standard InChI is InChI=1S/C18H33N3O.ClH/c19-17(14-15-6-2-1-3-7-15)18(22)21-12-10-20(11-13-21)16-8-4-5-9-16;/h15-17H,1-14,19H2;1H. The number of hydrogen-bond donors (Lipinski definition) is 1. The van der Waals surface area contributed by atoms with Crippen molar-refractivity contribution in [2.45, 2.75) is 76.3 Å². The first-order valence-corrected chi connectivity index (χ1v) is 9.52. The molecule has 3 aliphatic rings. The van der Waals surface area contributed by atoms with Gasteiger partial charge in [0.25, 0.3) is 0 Å². The van der Waals surface area contributed by atoms with Crippen LogP contribution in [0.5, 0.6) is 0 Å². The van der Waals surface area contributed by atoms with Gasteiger partial charge in [0.1, 0.15) is 0 Å². The van der Waals surface area contributed by atoms with E-state index in [1.54, 1.807) is 0 Å². The molecule has 23 heavy (non-hydrogen) atoms. The van der Waals surface area contributed by atoms with Crippen LogP contribution in [0.1, 0.15) is 64.2 Å². The topological polar surface area (TPSA) is 49.6 Å². The number of rotatable bonds is 4. The number of amides is 1. The Morgan fingerprint density at radius 2 is 1.48 bits per heavy atom. The molecule has 2 aliphatic carbocycles. The number of halogens is 1. The lowest BCUT2D eigenvalue weighted by Crippen LogP contribution is -2.55. The minimum atomic E-state index is -0.263. The van der Waals surface area contributed by atoms with Crippen LogP contribution in [0.15, 0.2) is 0 Å². The van der Waals surface area contributed by atoms with Crippen molar-refractivity contribution in [1.29, 1.82) is 0 Å². The first kappa shape index (κ1) is 19.0. The molecule has 3 rings (SSSR count). The zero-order chi connectivity index (χ0) is 15.4. The molecule has 134 valence electrons. The molecular weight excluding hydrogens is 310 g/mol. The summed E-state index contributed by atoms with van der Waals surface area (Å²) in [4.78, 5) is 17.2. The average molecular weight is 344 g/mol. The normalized spacial score (nSPS) is 26.0. The Labute approximate surface area is 147 Å². The molecule has 1 heterocycles. The molecule has 1 aliphatic heterocycles. The number of carbonyl (C=O) groups is 1. The second-order valence-electron chi connectivity index (χ2n) is 7.65. The summed E-state index contributed by atoms with van der Waals surface area (Å²) in [6, 6.07) is 0.522. The van der Waals surface area contributed by atoms with Crippen molar-refractivity contribution < 1.29 is 4.79 Å². The van der Waals surface area contributed by atoms with E-state index < -0.39 is 0 Å². The van der Waals surface area contributed by atoms with E-state index in [4.69, 9.17) is 5.73 Å². The van der Waals surface area contributed by atoms with Crippen LogP contribution in [-0.2, 0) is 4.79 Å². The van der Waals surface area contributed by atoms with Crippen LogP contribution in [0.4, 0.5) is 0 Å². The lowest BCUT2D eigenvalue weighted by atomic mass is 9.84. The van der Waals surface area contributed by atoms with Gasteiger partial charge < -0.3 is 10.6 Å². The molecule has 1 saturated heterocycles. The van der Waals surface area contributed by atoms with Crippen LogP contribution in [0, 0.1) is 5.92 Å². The van der Waals surface area contributed by atoms with Crippen molar-refractivity contribution in [2.24, 2.45) is 11.7 Å². The van der Waals surface area contributed by atoms with Crippen molar-refractivity contribution in [3.63, 3.8) is 0 Å². The second-order valence-corrected chi connectivity index (χ2v) is 7.65. The summed E-state index contributed by atoms with van der Waals surface area (Å²) in [7, 11) is 0. The third-order valence-corrected chi connectivity index (χ3v) is 6.10. The summed E-state index contributed by atoms with van der Waals surface area (Å²) < 4.78 is 0. The first-order valence-electron chi connectivity index (χ1n) is 9.52. The van der Waals surface area contributed by atoms with E-state index in [1.165, 1.54) is 57.8 Å². The Balaban J connectivity index is 0.00000192. The highest BCUT2D eigenvalue weighted by Crippen LogP contribution is 2.28. The molecule has 1 unspecified atom stereocenters. The monoisotopic (exact) mass is 343 g/mol. The van der Waals surface area contributed by atoms with Gasteiger partial charge in [-0.3, -0.25) is 9.69 Å². The summed E-state index contributed by atoms with van der Waals surface area (Å²) in [6.45, 7) is 3.86. The molecular formula is C18H34ClN3O. The Hall–Kier alpha value is -0.320. The molecule has 0 spiro atoms. The fourth-order valence-corrected chi connectivity index (χ4v) is 4.69. The van der Waals surface area contributed by atoms with Gasteiger partial charge in [-0.15, -0.1) is 12.4 Å². The predicted molar refractivity (Wildman–Crippen MR) is 96.8 cm³/mol. The maximum absolute atomic E-state index is 12.6. The Kier molecular flexibility index (Phi) is 7.64. The smallest absolute Gasteiger partial charge is 0.239 e. The van der Waals surface area contributed by atoms with Gasteiger partial charge in [-0.1, -0.05) is 44.9 Å². The van der Waals surface area contributed by atoms with Crippen molar-refractivity contribution in [2.75, 3.05) is 26.2 Å². The van der Waals surface area contributed by atoms with Gasteiger partial charge >= 0.3 is 0 Å². The van der Waals surface area contributed by atoms with Gasteiger partial charge in [0, 0.05) is 32.2 Å². The van der Waals surface area contributed by atoms with Crippen LogP contribution in [0.25, 0.3) is 0 Å². The van der Waals surface area contributed by atoms with Gasteiger partial charge in [0.2, 0.25) is 5.91 Å². The van der Waals surface area contributed by atoms with Crippen molar-refractivity contribution in [3.8, 4) is 0 Å². The lowest BCUT2D eigenvalue weighted by Gasteiger charge is -2.39. The number of hydrogen-bond acceptors (Lipinski definition) is 3. The van der Waals surface area contributed by atoms with Crippen LogP contribution in [0.2, 0.25) is 0 Å². The van der Waals surface area contributed by atoms with Gasteiger partial charge in [0.05, 0.1) is 6.04 Å². The molecule has 0 aromatic rings. The third kappa shape index (κ3) is 5.07. The summed E-state index contributed by atoms with van der Waals surface area (Å²) in [5, 5.41) is 0. The van der Waals surface area contributed by atoms with Crippen molar-refractivity contribution in [1.82, 2.24) is 9.80 Å². The van der Waals surface area contributed by atoms with Crippen LogP contribution < -0.4 is 5.73 Å². The minimum absolute atomic E-state index is 0. The zero-order valence-corrected chi connectivity index (χ0v) is 15.2. The largest absolute Gasteiger partial charge is 0.339 e. The maximum atomic E-state index is 12.6. The Bertz CT molecular complexity index is 359. The van der Waals surface area contributed by atoms with Crippen molar-refractivity contribution >= 4 is 18.3 Å². The molecule has 1 atom stereocenters. The van der Waals surface area contributed by atoms with E-state index >= 15 is 0 Å². The molecule has 5 heteroatoms. The SMILES string of the molecule is Cl.NC(CC1CCCCC1)C(=O)N1CCN(C2CCCC2)CC1. The molecule has 3 fully saturated rings. The zero-order valence-electron chi connectivity index (χ0n) is 14.4. The highest BCUT2D eigenvalue weighted by atomic mass is 35.5. The molecule has 0 aromatic heterocycles. The summed E-state index contributed by atoms with van der Waals surface area (Å²) in [5.41, 5.74) is 6.23. The lowest BCUT2D eigenvalue weighted by molar-refractivity contribution is -0.135. The minimum Gasteiger partial charge on any atom is -0.339 e. The highest BCUT2D eigenvalue weighted by molar-refractivity contribution is 5.85. The Morgan fingerprint density at radius 1 is 0.913 bits per heavy atom. The molecule has 2 N–H and O–H groups in total. The van der Waals surface area contributed by atoms with Crippen LogP contribution in [0.3, 0.4) is 0 Å². The summed E-state index contributed by atoms with van der Waals surface area (Å²) in [5.74, 6) is 0.893.